The Morgan fingerprint density at radius 2 is 1.74 bits per heavy atom. The van der Waals surface area contributed by atoms with Crippen LogP contribution in [0, 0.1) is 0 Å². The largest absolute Gasteiger partial charge is 0.379 e. The van der Waals surface area contributed by atoms with Crippen molar-refractivity contribution >= 4 is 17.0 Å². The van der Waals surface area contributed by atoms with Crippen molar-refractivity contribution in [3.8, 4) is 22.4 Å². The molecule has 4 heterocycles. The van der Waals surface area contributed by atoms with E-state index in [0.717, 1.165) is 22.1 Å². The van der Waals surface area contributed by atoms with Crippen molar-refractivity contribution in [2.45, 2.75) is 12.5 Å². The van der Waals surface area contributed by atoms with Crippen molar-refractivity contribution in [2.24, 2.45) is 0 Å². The minimum absolute atomic E-state index is 0.0821. The molecule has 8 nitrogen and oxygen atoms in total. The minimum Gasteiger partial charge on any atom is -0.379 e. The van der Waals surface area contributed by atoms with Gasteiger partial charge in [0.1, 0.15) is 17.6 Å². The van der Waals surface area contributed by atoms with Crippen molar-refractivity contribution in [3.05, 3.63) is 84.8 Å². The second-order valence-corrected chi connectivity index (χ2v) is 7.38. The Morgan fingerprint density at radius 3 is 2.52 bits per heavy atom. The van der Waals surface area contributed by atoms with E-state index < -0.39 is 5.60 Å². The Hall–Kier alpha value is -4.17. The number of nitrogens with one attached hydrogen (secondary N) is 1. The van der Waals surface area contributed by atoms with E-state index in [1.54, 1.807) is 31.6 Å². The fourth-order valence-electron chi connectivity index (χ4n) is 3.59. The van der Waals surface area contributed by atoms with E-state index in [1.165, 1.54) is 6.33 Å². The normalized spacial score (nSPS) is 13.2. The minimum atomic E-state index is -1.33. The van der Waals surface area contributed by atoms with Crippen LogP contribution in [0.2, 0.25) is 0 Å². The number of fused-ring (bicyclic) bond motifs is 1. The van der Waals surface area contributed by atoms with Crippen LogP contribution in [0.1, 0.15) is 18.2 Å². The molecular weight excluding hydrogens is 390 g/mol. The van der Waals surface area contributed by atoms with E-state index in [1.807, 2.05) is 42.6 Å². The lowest BCUT2D eigenvalue weighted by atomic mass is 9.91. The first-order valence-electron chi connectivity index (χ1n) is 9.68. The van der Waals surface area contributed by atoms with Gasteiger partial charge in [0, 0.05) is 46.9 Å². The molecule has 31 heavy (non-hydrogen) atoms. The van der Waals surface area contributed by atoms with Crippen molar-refractivity contribution in [1.29, 1.82) is 0 Å². The van der Waals surface area contributed by atoms with E-state index in [4.69, 9.17) is 5.73 Å². The number of pyridine rings is 1. The van der Waals surface area contributed by atoms with E-state index in [9.17, 15) is 5.11 Å². The molecule has 8 heteroatoms. The van der Waals surface area contributed by atoms with Gasteiger partial charge in [0.05, 0.1) is 11.4 Å². The Kier molecular flexibility index (Phi) is 4.41. The summed E-state index contributed by atoms with van der Waals surface area (Å²) >= 11 is 0. The quantitative estimate of drug-likeness (QED) is 0.415. The maximum absolute atomic E-state index is 11.2. The highest BCUT2D eigenvalue weighted by atomic mass is 16.3. The van der Waals surface area contributed by atoms with E-state index >= 15 is 0 Å². The van der Waals surface area contributed by atoms with Crippen LogP contribution < -0.4 is 5.73 Å². The number of aromatic nitrogens is 6. The summed E-state index contributed by atoms with van der Waals surface area (Å²) in [6.07, 6.45) is 8.55. The van der Waals surface area contributed by atoms with Gasteiger partial charge in [-0.05, 0) is 24.6 Å². The molecule has 5 rings (SSSR count). The highest BCUT2D eigenvalue weighted by molar-refractivity contribution is 5.95. The summed E-state index contributed by atoms with van der Waals surface area (Å²) in [7, 11) is 0. The summed E-state index contributed by atoms with van der Waals surface area (Å²) < 4.78 is 0. The molecule has 0 amide bonds. The molecule has 0 saturated heterocycles. The fourth-order valence-corrected chi connectivity index (χ4v) is 3.59. The van der Waals surface area contributed by atoms with Gasteiger partial charge in [-0.25, -0.2) is 24.9 Å². The van der Waals surface area contributed by atoms with E-state index in [-0.39, 0.29) is 5.95 Å². The van der Waals surface area contributed by atoms with Crippen molar-refractivity contribution in [2.75, 3.05) is 5.73 Å². The van der Waals surface area contributed by atoms with Gasteiger partial charge < -0.3 is 15.8 Å². The molecule has 0 fully saturated rings. The van der Waals surface area contributed by atoms with Gasteiger partial charge in [0.25, 0.3) is 0 Å². The number of hydrogen-bond donors (Lipinski definition) is 3. The van der Waals surface area contributed by atoms with Gasteiger partial charge in [-0.2, -0.15) is 0 Å². The molecule has 0 spiro atoms. The fraction of sp³-hybridized carbons (Fsp3) is 0.0870. The zero-order chi connectivity index (χ0) is 21.4. The lowest BCUT2D eigenvalue weighted by Crippen LogP contribution is -2.25. The van der Waals surface area contributed by atoms with E-state index in [0.29, 0.717) is 22.6 Å². The molecular formula is C23H19N7O. The van der Waals surface area contributed by atoms with E-state index in [2.05, 4.69) is 29.9 Å². The predicted molar refractivity (Wildman–Crippen MR) is 118 cm³/mol. The SMILES string of the molecule is CC(O)(c1ccccc1)c1cc(-c2c[nH]c3ncc(-c4cncnc4)cc23)nc(N)n1. The van der Waals surface area contributed by atoms with Gasteiger partial charge in [-0.15, -0.1) is 0 Å². The zero-order valence-corrected chi connectivity index (χ0v) is 16.7. The average molecular weight is 409 g/mol. The maximum Gasteiger partial charge on any atom is 0.220 e. The molecule has 4 aromatic heterocycles. The van der Waals surface area contributed by atoms with Crippen LogP contribution in [-0.2, 0) is 5.60 Å². The number of nitrogens with zero attached hydrogens (tertiary/aromatic N) is 5. The third-order valence-electron chi connectivity index (χ3n) is 5.28. The summed E-state index contributed by atoms with van der Waals surface area (Å²) in [6.45, 7) is 1.69. The Bertz CT molecular complexity index is 1370. The molecule has 0 saturated carbocycles. The molecule has 5 aromatic rings. The van der Waals surface area contributed by atoms with Crippen LogP contribution in [0.4, 0.5) is 5.95 Å². The monoisotopic (exact) mass is 409 g/mol. The molecule has 0 radical (unpaired) electrons. The lowest BCUT2D eigenvalue weighted by molar-refractivity contribution is 0.0975. The lowest BCUT2D eigenvalue weighted by Gasteiger charge is -2.24. The summed E-state index contributed by atoms with van der Waals surface area (Å²) in [5.41, 5.74) is 9.68. The van der Waals surface area contributed by atoms with Crippen molar-refractivity contribution in [1.82, 2.24) is 29.9 Å². The number of hydrogen-bond acceptors (Lipinski definition) is 7. The smallest absolute Gasteiger partial charge is 0.220 e. The van der Waals surface area contributed by atoms with Crippen LogP contribution in [0.15, 0.2) is 73.6 Å². The number of nitrogens with two attached hydrogens (primary N) is 1. The van der Waals surface area contributed by atoms with Crippen LogP contribution in [0.3, 0.4) is 0 Å². The highest BCUT2D eigenvalue weighted by Crippen LogP contribution is 2.34. The van der Waals surface area contributed by atoms with Crippen LogP contribution in [0.5, 0.6) is 0 Å². The Labute approximate surface area is 177 Å². The van der Waals surface area contributed by atoms with Crippen LogP contribution in [0.25, 0.3) is 33.4 Å². The number of aliphatic hydroxyl groups is 1. The first kappa shape index (κ1) is 18.8. The molecule has 0 aliphatic carbocycles. The number of aromatic amines is 1. The number of benzene rings is 1. The average Bonchev–Trinajstić information content (AvgIpc) is 3.23. The third-order valence-corrected chi connectivity index (χ3v) is 5.28. The van der Waals surface area contributed by atoms with Crippen molar-refractivity contribution in [3.63, 3.8) is 0 Å². The van der Waals surface area contributed by atoms with Crippen LogP contribution in [-0.4, -0.2) is 35.0 Å². The number of rotatable bonds is 4. The third kappa shape index (κ3) is 3.38. The number of anilines is 1. The second kappa shape index (κ2) is 7.26. The van der Waals surface area contributed by atoms with Crippen molar-refractivity contribution < 1.29 is 5.11 Å². The summed E-state index contributed by atoms with van der Waals surface area (Å²) in [6, 6.07) is 13.1. The Balaban J connectivity index is 1.64. The molecule has 1 atom stereocenters. The molecule has 0 bridgehead atoms. The van der Waals surface area contributed by atoms with Gasteiger partial charge in [-0.1, -0.05) is 30.3 Å². The molecule has 4 N–H and O–H groups in total. The molecule has 1 aromatic carbocycles. The standard InChI is InChI=1S/C23H19N7O/c1-23(31,16-5-3-2-4-6-16)20-8-19(29-22(24)30-20)18-12-28-21-17(18)7-14(11-27-21)15-9-25-13-26-10-15/h2-13,31H,1H3,(H,27,28)(H2,24,29,30). The van der Waals surface area contributed by atoms with Gasteiger partial charge in [0.15, 0.2) is 0 Å². The summed E-state index contributed by atoms with van der Waals surface area (Å²) in [5, 5.41) is 12.1. The summed E-state index contributed by atoms with van der Waals surface area (Å²) in [5.74, 6) is 0.0821. The van der Waals surface area contributed by atoms with Gasteiger partial charge in [-0.3, -0.25) is 0 Å². The Morgan fingerprint density at radius 1 is 0.968 bits per heavy atom. The topological polar surface area (TPSA) is 126 Å². The second-order valence-electron chi connectivity index (χ2n) is 7.38. The van der Waals surface area contributed by atoms with Gasteiger partial charge >= 0.3 is 0 Å². The first-order chi connectivity index (χ1) is 15.0. The molecule has 1 unspecified atom stereocenters. The maximum atomic E-state index is 11.2. The molecule has 0 aliphatic rings. The molecule has 0 aliphatic heterocycles. The van der Waals surface area contributed by atoms with Gasteiger partial charge in [0.2, 0.25) is 5.95 Å². The number of H-pyrrole nitrogens is 1. The molecule has 152 valence electrons. The first-order valence-corrected chi connectivity index (χ1v) is 9.68. The highest BCUT2D eigenvalue weighted by Gasteiger charge is 2.28. The van der Waals surface area contributed by atoms with Crippen LogP contribution >= 0.6 is 0 Å². The predicted octanol–water partition coefficient (Wildman–Crippen LogP) is 3.31. The summed E-state index contributed by atoms with van der Waals surface area (Å²) in [4.78, 5) is 24.6. The number of nitrogen functional groups attached to an aromatic ring is 1. The zero-order valence-electron chi connectivity index (χ0n) is 16.7.